The van der Waals surface area contributed by atoms with Crippen LogP contribution in [-0.2, 0) is 16.0 Å². The van der Waals surface area contributed by atoms with E-state index in [0.29, 0.717) is 19.8 Å². The fourth-order valence-corrected chi connectivity index (χ4v) is 3.42. The molecule has 0 unspecified atom stereocenters. The van der Waals surface area contributed by atoms with Gasteiger partial charge in [0.25, 0.3) is 0 Å². The monoisotopic (exact) mass is 320 g/mol. The molecule has 0 spiro atoms. The number of aliphatic carboxylic acids is 1. The third-order valence-corrected chi connectivity index (χ3v) is 4.39. The first-order valence-electron chi connectivity index (χ1n) is 8.25. The maximum atomic E-state index is 11.0. The van der Waals surface area contributed by atoms with Crippen molar-refractivity contribution in [3.63, 3.8) is 0 Å². The number of fused-ring (bicyclic) bond motifs is 3. The summed E-state index contributed by atoms with van der Waals surface area (Å²) in [5.41, 5.74) is 1.15. The van der Waals surface area contributed by atoms with Crippen LogP contribution in [0.25, 0.3) is 0 Å². The van der Waals surface area contributed by atoms with Crippen molar-refractivity contribution >= 4 is 11.9 Å². The van der Waals surface area contributed by atoms with E-state index in [-0.39, 0.29) is 18.5 Å². The lowest BCUT2D eigenvalue weighted by atomic mass is 10.1. The second kappa shape index (κ2) is 7.23. The van der Waals surface area contributed by atoms with Gasteiger partial charge in [0.2, 0.25) is 5.95 Å². The van der Waals surface area contributed by atoms with Crippen LogP contribution in [0.2, 0.25) is 0 Å². The third kappa shape index (κ3) is 3.97. The van der Waals surface area contributed by atoms with E-state index in [1.54, 1.807) is 0 Å². The third-order valence-electron chi connectivity index (χ3n) is 4.39. The Balaban J connectivity index is 1.77. The molecular weight excluding hydrogens is 296 g/mol. The van der Waals surface area contributed by atoms with Gasteiger partial charge >= 0.3 is 5.97 Å². The Morgan fingerprint density at radius 1 is 1.30 bits per heavy atom. The lowest BCUT2D eigenvalue weighted by molar-refractivity contribution is -0.138. The quantitative estimate of drug-likeness (QED) is 0.853. The Kier molecular flexibility index (Phi) is 5.07. The number of aryl methyl sites for hydroxylation is 1. The number of hydrogen-bond acceptors (Lipinski definition) is 6. The van der Waals surface area contributed by atoms with E-state index in [1.165, 1.54) is 0 Å². The maximum Gasteiger partial charge on any atom is 0.317 e. The maximum absolute atomic E-state index is 11.0. The van der Waals surface area contributed by atoms with Crippen LogP contribution >= 0.6 is 0 Å². The van der Waals surface area contributed by atoms with Crippen molar-refractivity contribution in [3.8, 4) is 0 Å². The summed E-state index contributed by atoms with van der Waals surface area (Å²) in [6.07, 6.45) is 5.87. The number of aromatic nitrogens is 2. The molecule has 7 nitrogen and oxygen atoms in total. The summed E-state index contributed by atoms with van der Waals surface area (Å²) in [7, 11) is 0. The van der Waals surface area contributed by atoms with Gasteiger partial charge in [0.1, 0.15) is 0 Å². The molecule has 1 N–H and O–H groups in total. The first kappa shape index (κ1) is 16.1. The van der Waals surface area contributed by atoms with Gasteiger partial charge in [-0.05, 0) is 12.0 Å². The molecule has 2 aliphatic rings. The predicted molar refractivity (Wildman–Crippen MR) is 85.5 cm³/mol. The highest BCUT2D eigenvalue weighted by Crippen LogP contribution is 2.23. The van der Waals surface area contributed by atoms with E-state index in [0.717, 1.165) is 37.4 Å². The van der Waals surface area contributed by atoms with E-state index in [2.05, 4.69) is 21.8 Å². The highest BCUT2D eigenvalue weighted by atomic mass is 16.5. The molecule has 7 heteroatoms. The summed E-state index contributed by atoms with van der Waals surface area (Å²) in [4.78, 5) is 24.3. The number of nitrogens with zero attached hydrogens (tertiary/aromatic N) is 4. The molecule has 0 amide bonds. The highest BCUT2D eigenvalue weighted by Gasteiger charge is 2.35. The van der Waals surface area contributed by atoms with Crippen LogP contribution in [-0.4, -0.2) is 71.4 Å². The molecule has 3 rings (SSSR count). The molecule has 0 aliphatic carbocycles. The van der Waals surface area contributed by atoms with Crippen molar-refractivity contribution in [1.29, 1.82) is 0 Å². The normalized spacial score (nSPS) is 25.2. The fraction of sp³-hybridized carbons (Fsp3) is 0.688. The molecule has 2 bridgehead atoms. The Morgan fingerprint density at radius 2 is 2.09 bits per heavy atom. The predicted octanol–water partition coefficient (Wildman–Crippen LogP) is 0.651. The van der Waals surface area contributed by atoms with E-state index in [9.17, 15) is 4.79 Å². The van der Waals surface area contributed by atoms with Gasteiger partial charge in [-0.3, -0.25) is 9.69 Å². The molecule has 2 atom stereocenters. The largest absolute Gasteiger partial charge is 0.480 e. The van der Waals surface area contributed by atoms with Gasteiger partial charge in [-0.25, -0.2) is 9.97 Å². The average Bonchev–Trinajstić information content (AvgIpc) is 2.78. The van der Waals surface area contributed by atoms with Gasteiger partial charge < -0.3 is 14.7 Å². The lowest BCUT2D eigenvalue weighted by Gasteiger charge is -2.30. The first-order chi connectivity index (χ1) is 11.2. The van der Waals surface area contributed by atoms with Crippen molar-refractivity contribution in [2.45, 2.75) is 25.8 Å². The number of carboxylic acids is 1. The first-order valence-corrected chi connectivity index (χ1v) is 8.25. The number of ether oxygens (including phenoxy) is 1. The summed E-state index contributed by atoms with van der Waals surface area (Å²) in [6, 6.07) is 0.0962. The number of hydrogen-bond donors (Lipinski definition) is 1. The van der Waals surface area contributed by atoms with Crippen LogP contribution in [0.1, 0.15) is 18.9 Å². The zero-order valence-electron chi connectivity index (χ0n) is 13.5. The van der Waals surface area contributed by atoms with Crippen LogP contribution in [0.4, 0.5) is 5.95 Å². The van der Waals surface area contributed by atoms with Crippen LogP contribution in [0.5, 0.6) is 0 Å². The van der Waals surface area contributed by atoms with E-state index >= 15 is 0 Å². The van der Waals surface area contributed by atoms with Crippen LogP contribution in [0.15, 0.2) is 12.4 Å². The topological polar surface area (TPSA) is 78.8 Å². The molecule has 0 radical (unpaired) electrons. The molecule has 1 aromatic rings. The molecule has 23 heavy (non-hydrogen) atoms. The standard InChI is InChI=1S/C16H24N4O3/c1-2-3-12-4-17-16(18-5-12)20-7-13-6-19(9-15(21)22)8-14(20)11-23-10-13/h4-5,13-14H,2-3,6-11H2,1H3,(H,21,22)/t13-,14-/m0/s1. The smallest absolute Gasteiger partial charge is 0.317 e. The SMILES string of the molecule is CCCc1cnc(N2C[C@H]3COC[C@@H]2CN(CC(=O)O)C3)nc1. The van der Waals surface area contributed by atoms with Crippen LogP contribution in [0, 0.1) is 5.92 Å². The average molecular weight is 320 g/mol. The number of carboxylic acid groups (broad SMARTS) is 1. The molecule has 2 saturated heterocycles. The molecule has 2 aliphatic heterocycles. The van der Waals surface area contributed by atoms with Crippen molar-refractivity contribution in [2.75, 3.05) is 44.3 Å². The van der Waals surface area contributed by atoms with Gasteiger partial charge in [-0.2, -0.15) is 0 Å². The minimum absolute atomic E-state index is 0.0805. The summed E-state index contributed by atoms with van der Waals surface area (Å²) in [5.74, 6) is 0.223. The number of rotatable bonds is 5. The summed E-state index contributed by atoms with van der Waals surface area (Å²) in [5, 5.41) is 9.07. The zero-order chi connectivity index (χ0) is 16.2. The van der Waals surface area contributed by atoms with Crippen molar-refractivity contribution in [2.24, 2.45) is 5.92 Å². The summed E-state index contributed by atoms with van der Waals surface area (Å²) < 4.78 is 5.76. The highest BCUT2D eigenvalue weighted by molar-refractivity contribution is 5.69. The molecule has 0 aromatic carbocycles. The fourth-order valence-electron chi connectivity index (χ4n) is 3.42. The lowest BCUT2D eigenvalue weighted by Crippen LogP contribution is -2.45. The number of anilines is 1. The molecule has 2 fully saturated rings. The minimum Gasteiger partial charge on any atom is -0.480 e. The van der Waals surface area contributed by atoms with Crippen molar-refractivity contribution in [3.05, 3.63) is 18.0 Å². The van der Waals surface area contributed by atoms with E-state index < -0.39 is 5.97 Å². The summed E-state index contributed by atoms with van der Waals surface area (Å²) in [6.45, 7) is 5.70. The van der Waals surface area contributed by atoms with E-state index in [1.807, 2.05) is 17.3 Å². The van der Waals surface area contributed by atoms with E-state index in [4.69, 9.17) is 9.84 Å². The minimum atomic E-state index is -0.780. The van der Waals surface area contributed by atoms with Crippen molar-refractivity contribution in [1.82, 2.24) is 14.9 Å². The molecule has 0 saturated carbocycles. The Labute approximate surface area is 136 Å². The molecular formula is C16H24N4O3. The van der Waals surface area contributed by atoms with Gasteiger partial charge in [-0.15, -0.1) is 0 Å². The second-order valence-corrected chi connectivity index (χ2v) is 6.44. The Bertz CT molecular complexity index is 537. The van der Waals surface area contributed by atoms with Gasteiger partial charge in [0.05, 0.1) is 25.8 Å². The van der Waals surface area contributed by atoms with Crippen LogP contribution in [0.3, 0.4) is 0 Å². The number of carbonyl (C=O) groups is 1. The van der Waals surface area contributed by atoms with Gasteiger partial charge in [0.15, 0.2) is 0 Å². The Morgan fingerprint density at radius 3 is 2.78 bits per heavy atom. The van der Waals surface area contributed by atoms with Crippen LogP contribution < -0.4 is 4.90 Å². The molecule has 126 valence electrons. The molecule has 3 heterocycles. The van der Waals surface area contributed by atoms with Crippen molar-refractivity contribution < 1.29 is 14.6 Å². The van der Waals surface area contributed by atoms with Gasteiger partial charge in [-0.1, -0.05) is 13.3 Å². The van der Waals surface area contributed by atoms with Gasteiger partial charge in [0, 0.05) is 37.9 Å². The zero-order valence-corrected chi connectivity index (χ0v) is 13.5. The Hall–Kier alpha value is -1.73. The molecule has 1 aromatic heterocycles. The summed E-state index contributed by atoms with van der Waals surface area (Å²) >= 11 is 0. The second-order valence-electron chi connectivity index (χ2n) is 6.44.